The fraction of sp³-hybridized carbons (Fsp3) is 0.545. The first kappa shape index (κ1) is 22.7. The van der Waals surface area contributed by atoms with Gasteiger partial charge in [0.15, 0.2) is 0 Å². The van der Waals surface area contributed by atoms with E-state index in [9.17, 15) is 19.2 Å². The van der Waals surface area contributed by atoms with Crippen LogP contribution in [0.15, 0.2) is 12.1 Å². The van der Waals surface area contributed by atoms with Gasteiger partial charge in [-0.1, -0.05) is 0 Å². The molecule has 0 N–H and O–H groups in total. The molecule has 0 aromatic heterocycles. The Balaban J connectivity index is 1.44. The summed E-state index contributed by atoms with van der Waals surface area (Å²) in [5.74, 6) is -3.51. The molecule has 0 aliphatic carbocycles. The van der Waals surface area contributed by atoms with Crippen LogP contribution in [0, 0.1) is 0 Å². The first-order valence-electron chi connectivity index (χ1n) is 10.8. The predicted molar refractivity (Wildman–Crippen MR) is 107 cm³/mol. The quantitative estimate of drug-likeness (QED) is 0.224. The van der Waals surface area contributed by atoms with Crippen LogP contribution in [0.1, 0.15) is 41.4 Å². The van der Waals surface area contributed by atoms with Crippen molar-refractivity contribution >= 4 is 23.9 Å². The van der Waals surface area contributed by atoms with Crippen LogP contribution in [0.3, 0.4) is 0 Å². The molecule has 182 valence electrons. The third-order valence-electron chi connectivity index (χ3n) is 5.25. The lowest BCUT2D eigenvalue weighted by atomic mass is 9.98. The van der Waals surface area contributed by atoms with Gasteiger partial charge in [0.25, 0.3) is 0 Å². The standard InChI is InChI=1S/C22H22O12/c23-19(31-7-11-3-27-11)15-1-16(20(24)32-8-12-4-28-12)18(22(26)34-10-14-6-30-14)2-17(15)21(25)33-9-13-5-29-13/h1-2,11-14H,3-10H2/t11-,12+,13+,14-. The second-order valence-electron chi connectivity index (χ2n) is 8.16. The zero-order chi connectivity index (χ0) is 23.7. The number of benzene rings is 1. The van der Waals surface area contributed by atoms with Gasteiger partial charge in [-0.15, -0.1) is 0 Å². The van der Waals surface area contributed by atoms with E-state index in [-0.39, 0.29) is 73.1 Å². The van der Waals surface area contributed by atoms with Crippen LogP contribution in [0.4, 0.5) is 0 Å². The van der Waals surface area contributed by atoms with Gasteiger partial charge in [0.05, 0.1) is 48.7 Å². The second-order valence-corrected chi connectivity index (χ2v) is 8.16. The Morgan fingerprint density at radius 2 is 0.735 bits per heavy atom. The summed E-state index contributed by atoms with van der Waals surface area (Å²) in [6, 6.07) is 2.17. The molecule has 1 aromatic rings. The van der Waals surface area contributed by atoms with E-state index in [2.05, 4.69) is 0 Å². The van der Waals surface area contributed by atoms with Crippen LogP contribution in [-0.2, 0) is 37.9 Å². The van der Waals surface area contributed by atoms with E-state index in [1.54, 1.807) is 0 Å². The summed E-state index contributed by atoms with van der Waals surface area (Å²) in [5.41, 5.74) is -1.00. The molecule has 0 amide bonds. The third-order valence-corrected chi connectivity index (χ3v) is 5.25. The summed E-state index contributed by atoms with van der Waals surface area (Å²) < 4.78 is 41.0. The van der Waals surface area contributed by atoms with Crippen LogP contribution < -0.4 is 0 Å². The van der Waals surface area contributed by atoms with Crippen molar-refractivity contribution in [3.63, 3.8) is 0 Å². The van der Waals surface area contributed by atoms with Crippen molar-refractivity contribution in [1.29, 1.82) is 0 Å². The number of carbonyl (C=O) groups excluding carboxylic acids is 4. The molecular formula is C22H22O12. The molecule has 0 bridgehead atoms. The number of carbonyl (C=O) groups is 4. The molecular weight excluding hydrogens is 456 g/mol. The van der Waals surface area contributed by atoms with Crippen molar-refractivity contribution in [3.8, 4) is 0 Å². The van der Waals surface area contributed by atoms with E-state index in [1.807, 2.05) is 0 Å². The number of rotatable bonds is 12. The number of epoxide rings is 4. The molecule has 0 unspecified atom stereocenters. The van der Waals surface area contributed by atoms with E-state index < -0.39 is 23.9 Å². The molecule has 4 aliphatic heterocycles. The summed E-state index contributed by atoms with van der Waals surface area (Å²) in [6.45, 7) is 1.75. The summed E-state index contributed by atoms with van der Waals surface area (Å²) in [4.78, 5) is 51.2. The molecule has 4 saturated heterocycles. The minimum atomic E-state index is -0.879. The van der Waals surface area contributed by atoms with Crippen LogP contribution in [0.5, 0.6) is 0 Å². The number of hydrogen-bond acceptors (Lipinski definition) is 12. The van der Waals surface area contributed by atoms with E-state index in [4.69, 9.17) is 37.9 Å². The monoisotopic (exact) mass is 478 g/mol. The molecule has 4 atom stereocenters. The van der Waals surface area contributed by atoms with E-state index in [0.29, 0.717) is 26.4 Å². The highest BCUT2D eigenvalue weighted by molar-refractivity contribution is 6.10. The zero-order valence-corrected chi connectivity index (χ0v) is 18.0. The van der Waals surface area contributed by atoms with Gasteiger partial charge in [-0.3, -0.25) is 0 Å². The van der Waals surface area contributed by atoms with Gasteiger partial charge < -0.3 is 37.9 Å². The summed E-state index contributed by atoms with van der Waals surface area (Å²) >= 11 is 0. The Morgan fingerprint density at radius 1 is 0.529 bits per heavy atom. The Morgan fingerprint density at radius 3 is 0.912 bits per heavy atom. The SMILES string of the molecule is O=C(OC[C@@H]1CO1)c1cc(C(=O)OC[C@H]2CO2)c(C(=O)OC[C@@H]2CO2)cc1C(=O)OC[C@H]1CO1. The van der Waals surface area contributed by atoms with Crippen molar-refractivity contribution in [2.75, 3.05) is 52.9 Å². The number of esters is 4. The summed E-state index contributed by atoms with van der Waals surface area (Å²) in [5, 5.41) is 0. The van der Waals surface area contributed by atoms with Gasteiger partial charge in [0.1, 0.15) is 50.8 Å². The van der Waals surface area contributed by atoms with Crippen molar-refractivity contribution in [1.82, 2.24) is 0 Å². The normalized spacial score (nSPS) is 25.6. The Hall–Kier alpha value is -3.06. The van der Waals surface area contributed by atoms with Crippen LogP contribution in [0.25, 0.3) is 0 Å². The van der Waals surface area contributed by atoms with Crippen molar-refractivity contribution in [2.45, 2.75) is 24.4 Å². The number of ether oxygens (including phenoxy) is 8. The minimum Gasteiger partial charge on any atom is -0.459 e. The molecule has 4 fully saturated rings. The first-order valence-corrected chi connectivity index (χ1v) is 10.8. The fourth-order valence-electron chi connectivity index (χ4n) is 2.92. The average molecular weight is 478 g/mol. The van der Waals surface area contributed by atoms with E-state index >= 15 is 0 Å². The van der Waals surface area contributed by atoms with Crippen molar-refractivity contribution in [2.24, 2.45) is 0 Å². The van der Waals surface area contributed by atoms with E-state index in [0.717, 1.165) is 12.1 Å². The molecule has 4 heterocycles. The maximum absolute atomic E-state index is 12.8. The lowest BCUT2D eigenvalue weighted by Gasteiger charge is -2.14. The maximum Gasteiger partial charge on any atom is 0.339 e. The third kappa shape index (κ3) is 6.08. The summed E-state index contributed by atoms with van der Waals surface area (Å²) in [7, 11) is 0. The largest absolute Gasteiger partial charge is 0.459 e. The molecule has 0 radical (unpaired) electrons. The first-order chi connectivity index (χ1) is 16.5. The predicted octanol–water partition coefficient (Wildman–Crippen LogP) is -0.0910. The minimum absolute atomic E-state index is 0.0206. The van der Waals surface area contributed by atoms with Gasteiger partial charge >= 0.3 is 23.9 Å². The van der Waals surface area contributed by atoms with Crippen LogP contribution in [0.2, 0.25) is 0 Å². The van der Waals surface area contributed by atoms with Crippen LogP contribution in [-0.4, -0.2) is 101 Å². The molecule has 12 nitrogen and oxygen atoms in total. The second kappa shape index (κ2) is 9.66. The van der Waals surface area contributed by atoms with Gasteiger partial charge in [-0.2, -0.15) is 0 Å². The van der Waals surface area contributed by atoms with Crippen molar-refractivity contribution < 1.29 is 57.1 Å². The molecule has 0 saturated carbocycles. The van der Waals surface area contributed by atoms with Crippen molar-refractivity contribution in [3.05, 3.63) is 34.4 Å². The maximum atomic E-state index is 12.8. The van der Waals surface area contributed by atoms with Crippen LogP contribution >= 0.6 is 0 Å². The summed E-state index contributed by atoms with van der Waals surface area (Å²) in [6.07, 6.45) is -0.858. The van der Waals surface area contributed by atoms with Gasteiger partial charge in [0, 0.05) is 0 Å². The smallest absolute Gasteiger partial charge is 0.339 e. The fourth-order valence-corrected chi connectivity index (χ4v) is 2.92. The Bertz CT molecular complexity index is 834. The highest BCUT2D eigenvalue weighted by Gasteiger charge is 2.33. The molecule has 12 heteroatoms. The molecule has 34 heavy (non-hydrogen) atoms. The molecule has 4 aliphatic rings. The molecule has 0 spiro atoms. The van der Waals surface area contributed by atoms with Gasteiger partial charge in [-0.25, -0.2) is 19.2 Å². The number of hydrogen-bond donors (Lipinski definition) is 0. The van der Waals surface area contributed by atoms with Gasteiger partial charge in [-0.05, 0) is 12.1 Å². The van der Waals surface area contributed by atoms with E-state index in [1.165, 1.54) is 0 Å². The molecule has 1 aromatic carbocycles. The Labute approximate surface area is 193 Å². The Kier molecular flexibility index (Phi) is 6.46. The van der Waals surface area contributed by atoms with Gasteiger partial charge in [0.2, 0.25) is 0 Å². The lowest BCUT2D eigenvalue weighted by molar-refractivity contribution is 0.0414. The highest BCUT2D eigenvalue weighted by atomic mass is 16.6. The topological polar surface area (TPSA) is 155 Å². The zero-order valence-electron chi connectivity index (χ0n) is 18.0. The highest BCUT2D eigenvalue weighted by Crippen LogP contribution is 2.24. The molecule has 5 rings (SSSR count). The lowest BCUT2D eigenvalue weighted by Crippen LogP contribution is -2.23. The average Bonchev–Trinajstić information content (AvgIpc) is 3.65.